The Kier molecular flexibility index (Phi) is 3.67. The molecule has 1 aromatic heterocycles. The number of fused-ring (bicyclic) bond motifs is 1. The average Bonchev–Trinajstić information content (AvgIpc) is 2.54. The first kappa shape index (κ1) is 14.7. The molecule has 0 aromatic carbocycles. The standard InChI is InChI=1S/C16H18N4O2/c1-16(22-2)4-7-20(8-5-16)14-11-3-6-18-10-13(11)19-15(21)12(14)9-17/h3,6,10,12H,4-5,7-8H2,1-2H3. The van der Waals surface area contributed by atoms with Crippen molar-refractivity contribution in [3.8, 4) is 6.07 Å². The lowest BCUT2D eigenvalue weighted by atomic mass is 9.91. The fourth-order valence-corrected chi connectivity index (χ4v) is 3.04. The van der Waals surface area contributed by atoms with Crippen molar-refractivity contribution in [3.05, 3.63) is 29.0 Å². The summed E-state index contributed by atoms with van der Waals surface area (Å²) in [6, 6.07) is 3.93. The summed E-state index contributed by atoms with van der Waals surface area (Å²) in [5.74, 6) is -1.24. The van der Waals surface area contributed by atoms with E-state index >= 15 is 0 Å². The molecule has 114 valence electrons. The Morgan fingerprint density at radius 3 is 2.82 bits per heavy atom. The van der Waals surface area contributed by atoms with Gasteiger partial charge in [-0.05, 0) is 25.8 Å². The lowest BCUT2D eigenvalue weighted by Gasteiger charge is -2.41. The highest BCUT2D eigenvalue weighted by Crippen LogP contribution is 2.29. The number of aromatic nitrogens is 1. The predicted molar refractivity (Wildman–Crippen MR) is 78.8 cm³/mol. The Hall–Kier alpha value is -2.26. The van der Waals surface area contributed by atoms with Crippen LogP contribution in [0, 0.1) is 17.2 Å². The molecule has 0 aliphatic carbocycles. The van der Waals surface area contributed by atoms with Gasteiger partial charge in [0.1, 0.15) is 0 Å². The highest BCUT2D eigenvalue weighted by molar-refractivity contribution is 5.92. The largest absolute Gasteiger partial charge is 0.378 e. The molecular weight excluding hydrogens is 280 g/mol. The number of nitriles is 1. The number of pyridine rings is 1. The van der Waals surface area contributed by atoms with Crippen molar-refractivity contribution >= 4 is 11.6 Å². The van der Waals surface area contributed by atoms with Crippen LogP contribution in [0.15, 0.2) is 23.5 Å². The number of hydrogen-bond donors (Lipinski definition) is 0. The third-order valence-electron chi connectivity index (χ3n) is 4.61. The molecule has 6 heteroatoms. The molecule has 1 fully saturated rings. The van der Waals surface area contributed by atoms with Gasteiger partial charge in [0.05, 0.1) is 28.9 Å². The molecule has 6 nitrogen and oxygen atoms in total. The van der Waals surface area contributed by atoms with Gasteiger partial charge >= 0.3 is 0 Å². The van der Waals surface area contributed by atoms with Crippen molar-refractivity contribution < 1.29 is 9.53 Å². The molecule has 3 heterocycles. The first-order valence-electron chi connectivity index (χ1n) is 7.34. The molecule has 22 heavy (non-hydrogen) atoms. The van der Waals surface area contributed by atoms with Gasteiger partial charge in [-0.15, -0.1) is 0 Å². The Bertz CT molecular complexity index is 757. The zero-order valence-corrected chi connectivity index (χ0v) is 12.7. The number of nitrogens with zero attached hydrogens (tertiary/aromatic N) is 4. The molecule has 1 saturated heterocycles. The first-order valence-corrected chi connectivity index (χ1v) is 7.34. The summed E-state index contributed by atoms with van der Waals surface area (Å²) in [4.78, 5) is 22.3. The van der Waals surface area contributed by atoms with E-state index in [-0.39, 0.29) is 5.60 Å². The minimum Gasteiger partial charge on any atom is -0.378 e. The molecule has 0 radical (unpaired) electrons. The summed E-state index contributed by atoms with van der Waals surface area (Å²) >= 11 is 0. The van der Waals surface area contributed by atoms with Crippen LogP contribution in [0.1, 0.15) is 19.8 Å². The van der Waals surface area contributed by atoms with E-state index in [0.29, 0.717) is 5.36 Å². The maximum absolute atomic E-state index is 12.1. The number of likely N-dealkylation sites (tertiary alicyclic amines) is 1. The summed E-state index contributed by atoms with van der Waals surface area (Å²) in [6.07, 6.45) is 4.96. The molecule has 1 amide bonds. The number of carbonyl (C=O) groups is 1. The van der Waals surface area contributed by atoms with Gasteiger partial charge in [-0.25, -0.2) is 4.99 Å². The van der Waals surface area contributed by atoms with Crippen molar-refractivity contribution in [2.75, 3.05) is 20.2 Å². The molecular formula is C16H18N4O2. The van der Waals surface area contributed by atoms with E-state index < -0.39 is 11.8 Å². The summed E-state index contributed by atoms with van der Waals surface area (Å²) in [7, 11) is 1.73. The van der Waals surface area contributed by atoms with E-state index in [1.807, 2.05) is 6.07 Å². The number of amides is 1. The fraction of sp³-hybridized carbons (Fsp3) is 0.500. The molecule has 0 spiro atoms. The average molecular weight is 298 g/mol. The molecule has 0 bridgehead atoms. The molecule has 2 aliphatic rings. The van der Waals surface area contributed by atoms with E-state index in [9.17, 15) is 10.1 Å². The number of hydrogen-bond acceptors (Lipinski definition) is 5. The maximum atomic E-state index is 12.1. The van der Waals surface area contributed by atoms with Crippen molar-refractivity contribution in [1.29, 1.82) is 5.26 Å². The van der Waals surface area contributed by atoms with Crippen LogP contribution in [0.4, 0.5) is 0 Å². The fourth-order valence-electron chi connectivity index (χ4n) is 3.04. The Morgan fingerprint density at radius 1 is 1.45 bits per heavy atom. The zero-order valence-electron chi connectivity index (χ0n) is 12.7. The minimum absolute atomic E-state index is 0.136. The summed E-state index contributed by atoms with van der Waals surface area (Å²) < 4.78 is 5.56. The second-order valence-electron chi connectivity index (χ2n) is 5.93. The quantitative estimate of drug-likeness (QED) is 0.767. The van der Waals surface area contributed by atoms with Gasteiger partial charge in [0, 0.05) is 31.6 Å². The Balaban J connectivity index is 2.06. The molecule has 0 saturated carbocycles. The number of methoxy groups -OCH3 is 1. The first-order chi connectivity index (χ1) is 10.6. The number of piperidine rings is 1. The van der Waals surface area contributed by atoms with E-state index in [1.54, 1.807) is 19.5 Å². The normalized spacial score (nSPS) is 23.5. The lowest BCUT2D eigenvalue weighted by molar-refractivity contribution is -0.119. The maximum Gasteiger partial charge on any atom is 0.269 e. The highest BCUT2D eigenvalue weighted by atomic mass is 16.5. The van der Waals surface area contributed by atoms with Crippen LogP contribution in [0.2, 0.25) is 0 Å². The third-order valence-corrected chi connectivity index (χ3v) is 4.61. The molecule has 3 rings (SSSR count). The van der Waals surface area contributed by atoms with E-state index in [1.165, 1.54) is 0 Å². The number of ether oxygens (including phenoxy) is 1. The third kappa shape index (κ3) is 2.38. The lowest BCUT2D eigenvalue weighted by Crippen LogP contribution is -2.49. The Labute approximate surface area is 128 Å². The van der Waals surface area contributed by atoms with Crippen molar-refractivity contribution in [1.82, 2.24) is 9.88 Å². The monoisotopic (exact) mass is 298 g/mol. The van der Waals surface area contributed by atoms with Crippen LogP contribution in [0.5, 0.6) is 0 Å². The topological polar surface area (TPSA) is 78.6 Å². The van der Waals surface area contributed by atoms with Crippen LogP contribution in [0.25, 0.3) is 5.70 Å². The van der Waals surface area contributed by atoms with Crippen LogP contribution >= 0.6 is 0 Å². The van der Waals surface area contributed by atoms with Crippen molar-refractivity contribution in [2.24, 2.45) is 10.9 Å². The molecule has 1 atom stereocenters. The predicted octanol–water partition coefficient (Wildman–Crippen LogP) is -0.00972. The van der Waals surface area contributed by atoms with Crippen LogP contribution in [-0.2, 0) is 9.53 Å². The van der Waals surface area contributed by atoms with Crippen LogP contribution < -0.4 is 10.6 Å². The van der Waals surface area contributed by atoms with Crippen molar-refractivity contribution in [3.63, 3.8) is 0 Å². The van der Waals surface area contributed by atoms with Gasteiger partial charge < -0.3 is 9.64 Å². The second kappa shape index (κ2) is 5.50. The summed E-state index contributed by atoms with van der Waals surface area (Å²) in [5, 5.41) is 10.8. The van der Waals surface area contributed by atoms with Crippen molar-refractivity contribution in [2.45, 2.75) is 25.4 Å². The van der Waals surface area contributed by atoms with E-state index in [4.69, 9.17) is 4.74 Å². The zero-order chi connectivity index (χ0) is 15.7. The SMILES string of the molecule is COC1(C)CCN(C2=c3ccncc3=NC(=O)C2C#N)CC1. The van der Waals surface area contributed by atoms with Gasteiger partial charge in [0.15, 0.2) is 5.92 Å². The highest BCUT2D eigenvalue weighted by Gasteiger charge is 2.35. The Morgan fingerprint density at radius 2 is 2.18 bits per heavy atom. The molecule has 2 aliphatic heterocycles. The van der Waals surface area contributed by atoms with Gasteiger partial charge in [0.25, 0.3) is 5.91 Å². The second-order valence-corrected chi connectivity index (χ2v) is 5.93. The van der Waals surface area contributed by atoms with Gasteiger partial charge in [0.2, 0.25) is 0 Å². The molecule has 1 unspecified atom stereocenters. The van der Waals surface area contributed by atoms with Gasteiger partial charge in [-0.2, -0.15) is 5.26 Å². The molecule has 1 aromatic rings. The van der Waals surface area contributed by atoms with Crippen LogP contribution in [-0.4, -0.2) is 41.6 Å². The van der Waals surface area contributed by atoms with E-state index in [2.05, 4.69) is 27.9 Å². The van der Waals surface area contributed by atoms with Gasteiger partial charge in [-0.1, -0.05) is 0 Å². The summed E-state index contributed by atoms with van der Waals surface area (Å²) in [5.41, 5.74) is 0.626. The van der Waals surface area contributed by atoms with Gasteiger partial charge in [-0.3, -0.25) is 9.78 Å². The molecule has 0 N–H and O–H groups in total. The number of carbonyl (C=O) groups excluding carboxylic acids is 1. The number of rotatable bonds is 2. The smallest absolute Gasteiger partial charge is 0.269 e. The summed E-state index contributed by atoms with van der Waals surface area (Å²) in [6.45, 7) is 3.61. The van der Waals surface area contributed by atoms with E-state index in [0.717, 1.165) is 36.8 Å². The van der Waals surface area contributed by atoms with Crippen LogP contribution in [0.3, 0.4) is 0 Å². The minimum atomic E-state index is -0.832.